The second kappa shape index (κ2) is 6.50. The topological polar surface area (TPSA) is 40.5 Å². The van der Waals surface area contributed by atoms with Crippen LogP contribution in [0.5, 0.6) is 0 Å². The Balaban J connectivity index is 2.22. The van der Waals surface area contributed by atoms with Crippen molar-refractivity contribution in [3.8, 4) is 0 Å². The standard InChI is InChI=1S/C20H37ClO2/c1-17(2)9-6-10-19(4)15(17)8-12-20(5,23)16(19)7-11-18(3,22)13-14-21/h15-16,22-23H,6-14H2,1-5H3/t15-,16+,18-,19-,20+/m0/s1. The minimum Gasteiger partial charge on any atom is -0.390 e. The lowest BCUT2D eigenvalue weighted by Gasteiger charge is -2.61. The second-order valence-corrected chi connectivity index (χ2v) is 10.2. The summed E-state index contributed by atoms with van der Waals surface area (Å²) in [4.78, 5) is 0. The van der Waals surface area contributed by atoms with Gasteiger partial charge in [-0.15, -0.1) is 11.6 Å². The van der Waals surface area contributed by atoms with E-state index in [1.807, 2.05) is 13.8 Å². The van der Waals surface area contributed by atoms with Crippen molar-refractivity contribution >= 4 is 11.6 Å². The maximum Gasteiger partial charge on any atom is 0.0653 e. The fourth-order valence-corrected chi connectivity index (χ4v) is 6.46. The zero-order valence-electron chi connectivity index (χ0n) is 15.8. The molecule has 2 nitrogen and oxygen atoms in total. The Kier molecular flexibility index (Phi) is 5.52. The highest BCUT2D eigenvalue weighted by Crippen LogP contribution is 2.63. The van der Waals surface area contributed by atoms with Gasteiger partial charge in [-0.05, 0) is 81.5 Å². The lowest BCUT2D eigenvalue weighted by atomic mass is 9.45. The van der Waals surface area contributed by atoms with Crippen LogP contribution in [0.1, 0.15) is 86.0 Å². The Morgan fingerprint density at radius 1 is 1.09 bits per heavy atom. The number of halogens is 1. The number of aliphatic hydroxyl groups is 2. The summed E-state index contributed by atoms with van der Waals surface area (Å²) in [5, 5.41) is 21.7. The molecule has 0 aromatic heterocycles. The molecule has 23 heavy (non-hydrogen) atoms. The van der Waals surface area contributed by atoms with Gasteiger partial charge in [-0.1, -0.05) is 27.2 Å². The molecule has 0 aromatic rings. The van der Waals surface area contributed by atoms with Crippen molar-refractivity contribution in [1.29, 1.82) is 0 Å². The van der Waals surface area contributed by atoms with Crippen LogP contribution in [0.4, 0.5) is 0 Å². The van der Waals surface area contributed by atoms with Crippen molar-refractivity contribution in [3.05, 3.63) is 0 Å². The molecule has 0 bridgehead atoms. The van der Waals surface area contributed by atoms with Crippen molar-refractivity contribution in [1.82, 2.24) is 0 Å². The van der Waals surface area contributed by atoms with Gasteiger partial charge in [0.25, 0.3) is 0 Å². The Morgan fingerprint density at radius 3 is 2.35 bits per heavy atom. The van der Waals surface area contributed by atoms with Crippen molar-refractivity contribution < 1.29 is 10.2 Å². The summed E-state index contributed by atoms with van der Waals surface area (Å²) in [6.45, 7) is 11.1. The Bertz CT molecular complexity index is 416. The minimum absolute atomic E-state index is 0.181. The average Bonchev–Trinajstić information content (AvgIpc) is 2.35. The summed E-state index contributed by atoms with van der Waals surface area (Å²) in [7, 11) is 0. The van der Waals surface area contributed by atoms with Gasteiger partial charge in [0, 0.05) is 5.88 Å². The van der Waals surface area contributed by atoms with Crippen LogP contribution in [-0.2, 0) is 0 Å². The fourth-order valence-electron chi connectivity index (χ4n) is 6.05. The van der Waals surface area contributed by atoms with Gasteiger partial charge in [-0.25, -0.2) is 0 Å². The molecule has 0 amide bonds. The number of hydrogen-bond donors (Lipinski definition) is 2. The quantitative estimate of drug-likeness (QED) is 0.678. The number of alkyl halides is 1. The monoisotopic (exact) mass is 344 g/mol. The van der Waals surface area contributed by atoms with Crippen LogP contribution in [0.2, 0.25) is 0 Å². The highest BCUT2D eigenvalue weighted by Gasteiger charge is 2.57. The highest BCUT2D eigenvalue weighted by atomic mass is 35.5. The molecule has 2 saturated carbocycles. The molecule has 0 aliphatic heterocycles. The zero-order valence-corrected chi connectivity index (χ0v) is 16.5. The molecule has 3 heteroatoms. The Hall–Kier alpha value is 0.210. The summed E-state index contributed by atoms with van der Waals surface area (Å²) in [6, 6.07) is 0. The van der Waals surface area contributed by atoms with E-state index in [4.69, 9.17) is 11.6 Å². The van der Waals surface area contributed by atoms with Crippen LogP contribution >= 0.6 is 11.6 Å². The predicted molar refractivity (Wildman–Crippen MR) is 97.8 cm³/mol. The lowest BCUT2D eigenvalue weighted by Crippen LogP contribution is -2.57. The molecule has 0 unspecified atom stereocenters. The third-order valence-electron chi connectivity index (χ3n) is 7.37. The predicted octanol–water partition coefficient (Wildman–Crippen LogP) is 5.14. The van der Waals surface area contributed by atoms with Crippen LogP contribution in [0.3, 0.4) is 0 Å². The molecule has 0 aromatic carbocycles. The first-order valence-corrected chi connectivity index (χ1v) is 9.99. The molecule has 5 atom stereocenters. The van der Waals surface area contributed by atoms with Gasteiger partial charge in [-0.3, -0.25) is 0 Å². The van der Waals surface area contributed by atoms with E-state index in [9.17, 15) is 10.2 Å². The van der Waals surface area contributed by atoms with Gasteiger partial charge in [0.2, 0.25) is 0 Å². The summed E-state index contributed by atoms with van der Waals surface area (Å²) >= 11 is 5.83. The third kappa shape index (κ3) is 3.90. The average molecular weight is 345 g/mol. The van der Waals surface area contributed by atoms with E-state index in [1.54, 1.807) is 0 Å². The SMILES string of the molecule is CC1(C)CCC[C@]2(C)[C@@H](CC[C@](C)(O)CCCl)[C@](C)(O)CC[C@@H]12. The van der Waals surface area contributed by atoms with Crippen molar-refractivity contribution in [2.75, 3.05) is 5.88 Å². The van der Waals surface area contributed by atoms with Gasteiger partial charge in [0.1, 0.15) is 0 Å². The largest absolute Gasteiger partial charge is 0.390 e. The molecule has 2 rings (SSSR count). The van der Waals surface area contributed by atoms with Gasteiger partial charge >= 0.3 is 0 Å². The molecule has 2 N–H and O–H groups in total. The normalized spacial score (nSPS) is 42.8. The van der Waals surface area contributed by atoms with Crippen molar-refractivity contribution in [2.24, 2.45) is 22.7 Å². The van der Waals surface area contributed by atoms with Gasteiger partial charge in [-0.2, -0.15) is 0 Å². The zero-order chi connectivity index (χ0) is 17.5. The number of hydrogen-bond acceptors (Lipinski definition) is 2. The van der Waals surface area contributed by atoms with E-state index in [-0.39, 0.29) is 11.3 Å². The summed E-state index contributed by atoms with van der Waals surface area (Å²) in [5.74, 6) is 1.42. The van der Waals surface area contributed by atoms with E-state index in [2.05, 4.69) is 20.8 Å². The van der Waals surface area contributed by atoms with Crippen LogP contribution in [-0.4, -0.2) is 27.3 Å². The van der Waals surface area contributed by atoms with Crippen LogP contribution < -0.4 is 0 Å². The Labute approximate surface area is 148 Å². The van der Waals surface area contributed by atoms with Crippen LogP contribution in [0.15, 0.2) is 0 Å². The molecular formula is C20H37ClO2. The first kappa shape index (κ1) is 19.5. The molecule has 136 valence electrons. The molecule has 0 saturated heterocycles. The Morgan fingerprint density at radius 2 is 1.74 bits per heavy atom. The molecule has 0 spiro atoms. The first-order chi connectivity index (χ1) is 10.4. The minimum atomic E-state index is -0.717. The molecule has 2 aliphatic rings. The van der Waals surface area contributed by atoms with Crippen molar-refractivity contribution in [2.45, 2.75) is 97.2 Å². The maximum absolute atomic E-state index is 11.1. The summed E-state index contributed by atoms with van der Waals surface area (Å²) in [6.07, 6.45) is 8.01. The second-order valence-electron chi connectivity index (χ2n) is 9.82. The fraction of sp³-hybridized carbons (Fsp3) is 1.00. The van der Waals surface area contributed by atoms with Crippen molar-refractivity contribution in [3.63, 3.8) is 0 Å². The molecule has 0 heterocycles. The van der Waals surface area contributed by atoms with E-state index in [1.165, 1.54) is 19.3 Å². The molecule has 0 radical (unpaired) electrons. The molecule has 2 fully saturated rings. The summed E-state index contributed by atoms with van der Waals surface area (Å²) < 4.78 is 0. The first-order valence-electron chi connectivity index (χ1n) is 9.45. The van der Waals surface area contributed by atoms with Gasteiger partial charge in [0.15, 0.2) is 0 Å². The van der Waals surface area contributed by atoms with E-state index < -0.39 is 11.2 Å². The summed E-state index contributed by atoms with van der Waals surface area (Å²) in [5.41, 5.74) is -0.790. The smallest absolute Gasteiger partial charge is 0.0653 e. The van der Waals surface area contributed by atoms with Gasteiger partial charge < -0.3 is 10.2 Å². The number of fused-ring (bicyclic) bond motifs is 1. The van der Waals surface area contributed by atoms with Gasteiger partial charge in [0.05, 0.1) is 11.2 Å². The van der Waals surface area contributed by atoms with E-state index >= 15 is 0 Å². The van der Waals surface area contributed by atoms with Crippen LogP contribution in [0, 0.1) is 22.7 Å². The third-order valence-corrected chi connectivity index (χ3v) is 7.56. The highest BCUT2D eigenvalue weighted by molar-refractivity contribution is 6.17. The lowest BCUT2D eigenvalue weighted by molar-refractivity contribution is -0.172. The number of rotatable bonds is 5. The van der Waals surface area contributed by atoms with E-state index in [0.29, 0.717) is 23.6 Å². The maximum atomic E-state index is 11.1. The van der Waals surface area contributed by atoms with E-state index in [0.717, 1.165) is 25.7 Å². The van der Waals surface area contributed by atoms with Crippen LogP contribution in [0.25, 0.3) is 0 Å². The molecular weight excluding hydrogens is 308 g/mol. The molecule has 2 aliphatic carbocycles.